The minimum Gasteiger partial charge on any atom is -0.351 e. The highest BCUT2D eigenvalue weighted by atomic mass is 32.2. The van der Waals surface area contributed by atoms with Crippen LogP contribution in [0.15, 0.2) is 30.3 Å². The molecule has 2 aliphatic heterocycles. The number of amides is 1. The maximum Gasteiger partial charge on any atom is 0.304 e. The molecular formula is C24H32FN5O3S. The molecule has 0 radical (unpaired) electrons. The average Bonchev–Trinajstić information content (AvgIpc) is 3.31. The zero-order valence-electron chi connectivity index (χ0n) is 20.0. The maximum absolute atomic E-state index is 14.2. The van der Waals surface area contributed by atoms with Crippen LogP contribution in [0.25, 0.3) is 11.3 Å². The molecule has 0 bridgehead atoms. The Labute approximate surface area is 200 Å². The Morgan fingerprint density at radius 3 is 2.56 bits per heavy atom. The van der Waals surface area contributed by atoms with Crippen molar-refractivity contribution < 1.29 is 17.6 Å². The van der Waals surface area contributed by atoms with Gasteiger partial charge in [0.2, 0.25) is 0 Å². The van der Waals surface area contributed by atoms with Crippen LogP contribution in [-0.4, -0.2) is 54.8 Å². The Balaban J connectivity index is 1.74. The van der Waals surface area contributed by atoms with Gasteiger partial charge < -0.3 is 10.6 Å². The number of nitrogens with zero attached hydrogens (tertiary/aromatic N) is 3. The van der Waals surface area contributed by atoms with Gasteiger partial charge in [-0.3, -0.25) is 4.79 Å². The summed E-state index contributed by atoms with van der Waals surface area (Å²) in [5.41, 5.74) is 7.33. The van der Waals surface area contributed by atoms with Gasteiger partial charge in [-0.25, -0.2) is 14.1 Å². The summed E-state index contributed by atoms with van der Waals surface area (Å²) in [7, 11) is -4.03. The quantitative estimate of drug-likeness (QED) is 0.669. The molecule has 4 rings (SSSR count). The number of benzene rings is 1. The fourth-order valence-corrected chi connectivity index (χ4v) is 6.12. The fraction of sp³-hybridized carbons (Fsp3) is 0.500. The van der Waals surface area contributed by atoms with Gasteiger partial charge in [0.1, 0.15) is 11.6 Å². The zero-order valence-corrected chi connectivity index (χ0v) is 20.8. The highest BCUT2D eigenvalue weighted by molar-refractivity contribution is 7.87. The van der Waals surface area contributed by atoms with E-state index in [2.05, 4.69) is 25.5 Å². The number of aromatic nitrogens is 1. The first-order valence-electron chi connectivity index (χ1n) is 11.5. The Kier molecular flexibility index (Phi) is 6.43. The summed E-state index contributed by atoms with van der Waals surface area (Å²) in [6.07, 6.45) is 1.44. The van der Waals surface area contributed by atoms with Crippen LogP contribution in [0.2, 0.25) is 0 Å². The highest BCUT2D eigenvalue weighted by Gasteiger charge is 2.40. The summed E-state index contributed by atoms with van der Waals surface area (Å²) in [5, 5.41) is 0. The van der Waals surface area contributed by atoms with Gasteiger partial charge in [-0.2, -0.15) is 12.7 Å². The molecule has 1 amide bonds. The molecule has 2 saturated heterocycles. The van der Waals surface area contributed by atoms with Gasteiger partial charge in [0.15, 0.2) is 0 Å². The first-order valence-corrected chi connectivity index (χ1v) is 12.9. The molecule has 1 aromatic carbocycles. The second kappa shape index (κ2) is 8.90. The molecule has 1 aromatic heterocycles. The van der Waals surface area contributed by atoms with E-state index in [1.807, 2.05) is 4.90 Å². The third-order valence-electron chi connectivity index (χ3n) is 6.66. The Bertz CT molecular complexity index is 1220. The molecule has 0 spiro atoms. The summed E-state index contributed by atoms with van der Waals surface area (Å²) in [6.45, 7) is 9.06. The van der Waals surface area contributed by atoms with Crippen molar-refractivity contribution in [1.29, 1.82) is 0 Å². The van der Waals surface area contributed by atoms with Crippen LogP contribution in [0.1, 0.15) is 49.5 Å². The number of nitrogens with one attached hydrogen (secondary N) is 1. The van der Waals surface area contributed by atoms with Crippen molar-refractivity contribution in [1.82, 2.24) is 14.0 Å². The van der Waals surface area contributed by atoms with Crippen LogP contribution in [0.5, 0.6) is 0 Å². The van der Waals surface area contributed by atoms with Gasteiger partial charge in [0.05, 0.1) is 11.3 Å². The van der Waals surface area contributed by atoms with Gasteiger partial charge in [0, 0.05) is 36.8 Å². The smallest absolute Gasteiger partial charge is 0.304 e. The highest BCUT2D eigenvalue weighted by Crippen LogP contribution is 2.38. The van der Waals surface area contributed by atoms with Gasteiger partial charge in [-0.1, -0.05) is 19.1 Å². The van der Waals surface area contributed by atoms with Crippen LogP contribution in [0.3, 0.4) is 0 Å². The molecule has 3 heterocycles. The second-order valence-electron chi connectivity index (χ2n) is 10.1. The van der Waals surface area contributed by atoms with E-state index in [1.54, 1.807) is 31.2 Å². The molecule has 0 saturated carbocycles. The van der Waals surface area contributed by atoms with E-state index in [0.29, 0.717) is 41.5 Å². The monoisotopic (exact) mass is 489 g/mol. The average molecular weight is 490 g/mol. The van der Waals surface area contributed by atoms with Crippen molar-refractivity contribution >= 4 is 21.9 Å². The lowest BCUT2D eigenvalue weighted by atomic mass is 9.97. The van der Waals surface area contributed by atoms with Crippen molar-refractivity contribution in [3.05, 3.63) is 47.3 Å². The minimum atomic E-state index is -4.03. The van der Waals surface area contributed by atoms with E-state index in [0.717, 1.165) is 6.42 Å². The molecule has 2 aliphatic rings. The predicted octanol–water partition coefficient (Wildman–Crippen LogP) is 2.83. The number of rotatable bonds is 5. The number of hydrogen-bond acceptors (Lipinski definition) is 6. The molecule has 3 N–H and O–H groups in total. The molecule has 34 heavy (non-hydrogen) atoms. The lowest BCUT2D eigenvalue weighted by Crippen LogP contribution is -2.44. The number of hydrogen-bond donors (Lipinski definition) is 2. The van der Waals surface area contributed by atoms with Crippen molar-refractivity contribution in [2.45, 2.75) is 52.1 Å². The van der Waals surface area contributed by atoms with Crippen LogP contribution < -0.4 is 15.4 Å². The number of carbonyl (C=O) groups excluding carboxylic acids is 1. The van der Waals surface area contributed by atoms with E-state index < -0.39 is 16.1 Å². The molecular weight excluding hydrogens is 457 g/mol. The summed E-state index contributed by atoms with van der Waals surface area (Å²) >= 11 is 0. The third kappa shape index (κ3) is 4.80. The molecule has 2 atom stereocenters. The number of aryl methyl sites for hydroxylation is 1. The topological polar surface area (TPSA) is 109 Å². The number of anilines is 1. The molecule has 10 heteroatoms. The lowest BCUT2D eigenvalue weighted by molar-refractivity contribution is 0.0979. The SMILES string of the molecule is Cc1ccc(-c2ccc(C(=O)NS(=O)(=O)N3CC[C@H](N)C3)c(N3C[C@@H](C)CC3(C)C)n2)cc1F. The van der Waals surface area contributed by atoms with Crippen LogP contribution in [0, 0.1) is 18.7 Å². The zero-order chi connectivity index (χ0) is 24.8. The predicted molar refractivity (Wildman–Crippen MR) is 130 cm³/mol. The van der Waals surface area contributed by atoms with Crippen molar-refractivity contribution in [3.63, 3.8) is 0 Å². The van der Waals surface area contributed by atoms with Gasteiger partial charge >= 0.3 is 10.2 Å². The largest absolute Gasteiger partial charge is 0.351 e. The molecule has 2 fully saturated rings. The lowest BCUT2D eigenvalue weighted by Gasteiger charge is -2.34. The third-order valence-corrected chi connectivity index (χ3v) is 8.12. The normalized spacial score (nSPS) is 22.8. The second-order valence-corrected chi connectivity index (χ2v) is 11.8. The first-order chi connectivity index (χ1) is 15.9. The van der Waals surface area contributed by atoms with E-state index in [1.165, 1.54) is 10.4 Å². The molecule has 0 aliphatic carbocycles. The van der Waals surface area contributed by atoms with E-state index in [9.17, 15) is 17.6 Å². The van der Waals surface area contributed by atoms with Crippen LogP contribution in [0.4, 0.5) is 10.2 Å². The van der Waals surface area contributed by atoms with E-state index >= 15 is 0 Å². The summed E-state index contributed by atoms with van der Waals surface area (Å²) in [6, 6.07) is 7.82. The standard InChI is InChI=1S/C24H32FN5O3S/c1-15-12-24(3,4)30(13-15)22-19(23(31)28-34(32,33)29-10-9-18(26)14-29)7-8-21(27-22)17-6-5-16(2)20(25)11-17/h5-8,11,15,18H,9-10,12-14,26H2,1-4H3,(H,28,31)/t15-,18-/m0/s1. The Morgan fingerprint density at radius 1 is 1.24 bits per heavy atom. The molecule has 8 nitrogen and oxygen atoms in total. The minimum absolute atomic E-state index is 0.158. The maximum atomic E-state index is 14.2. The Morgan fingerprint density at radius 2 is 1.97 bits per heavy atom. The number of pyridine rings is 1. The van der Waals surface area contributed by atoms with Gasteiger partial charge in [-0.05, 0) is 63.3 Å². The number of carbonyl (C=O) groups is 1. The molecule has 184 valence electrons. The van der Waals surface area contributed by atoms with Gasteiger partial charge in [0.25, 0.3) is 5.91 Å². The van der Waals surface area contributed by atoms with E-state index in [4.69, 9.17) is 10.7 Å². The summed E-state index contributed by atoms with van der Waals surface area (Å²) < 4.78 is 43.2. The number of nitrogens with two attached hydrogens (primary N) is 1. The fourth-order valence-electron chi connectivity index (χ4n) is 4.91. The van der Waals surface area contributed by atoms with Gasteiger partial charge in [-0.15, -0.1) is 0 Å². The Hall–Kier alpha value is -2.56. The number of halogens is 1. The first kappa shape index (κ1) is 24.6. The van der Waals surface area contributed by atoms with Crippen LogP contribution in [-0.2, 0) is 10.2 Å². The van der Waals surface area contributed by atoms with Crippen LogP contribution >= 0.6 is 0 Å². The van der Waals surface area contributed by atoms with E-state index in [-0.39, 0.29) is 36.1 Å². The van der Waals surface area contributed by atoms with Crippen molar-refractivity contribution in [3.8, 4) is 11.3 Å². The summed E-state index contributed by atoms with van der Waals surface area (Å²) in [4.78, 5) is 20.0. The summed E-state index contributed by atoms with van der Waals surface area (Å²) in [5.74, 6) is -0.339. The molecule has 2 aromatic rings. The van der Waals surface area contributed by atoms with Crippen molar-refractivity contribution in [2.24, 2.45) is 11.7 Å². The molecule has 0 unspecified atom stereocenters. The van der Waals surface area contributed by atoms with Crippen molar-refractivity contribution in [2.75, 3.05) is 24.5 Å².